The lowest BCUT2D eigenvalue weighted by atomic mass is 9.77. The highest BCUT2D eigenvalue weighted by atomic mass is 35.5. The summed E-state index contributed by atoms with van der Waals surface area (Å²) in [5, 5.41) is 4.24. The average Bonchev–Trinajstić information content (AvgIpc) is 2.72. The molecular weight excluding hydrogens is 260 g/mol. The van der Waals surface area contributed by atoms with E-state index >= 15 is 0 Å². The van der Waals surface area contributed by atoms with E-state index in [1.807, 2.05) is 19.1 Å². The third kappa shape index (κ3) is 2.26. The maximum Gasteiger partial charge on any atom is 0.213 e. The standard InChI is InChI=1S/C15H19ClN2O/c1-9-7-10(16)8-11-12(9)19-14(18-11)13-15(2,3)5-4-6-17-13/h7-8,13,17H,4-6H2,1-3H3. The molecule has 19 heavy (non-hydrogen) atoms. The highest BCUT2D eigenvalue weighted by Gasteiger charge is 2.36. The Morgan fingerprint density at radius 2 is 2.21 bits per heavy atom. The molecule has 1 aliphatic rings. The summed E-state index contributed by atoms with van der Waals surface area (Å²) in [6, 6.07) is 3.96. The van der Waals surface area contributed by atoms with Gasteiger partial charge in [0.05, 0.1) is 6.04 Å². The number of halogens is 1. The van der Waals surface area contributed by atoms with Crippen molar-refractivity contribution in [2.24, 2.45) is 5.41 Å². The van der Waals surface area contributed by atoms with Gasteiger partial charge in [-0.3, -0.25) is 0 Å². The fourth-order valence-electron chi connectivity index (χ4n) is 2.93. The number of hydrogen-bond acceptors (Lipinski definition) is 3. The second kappa shape index (κ2) is 4.50. The van der Waals surface area contributed by atoms with Gasteiger partial charge in [-0.05, 0) is 49.4 Å². The molecule has 1 aromatic carbocycles. The zero-order chi connectivity index (χ0) is 13.6. The highest BCUT2D eigenvalue weighted by molar-refractivity contribution is 6.31. The SMILES string of the molecule is Cc1cc(Cl)cc2nc(C3NCCCC3(C)C)oc12. The van der Waals surface area contributed by atoms with Crippen LogP contribution in [0.4, 0.5) is 0 Å². The van der Waals surface area contributed by atoms with Crippen molar-refractivity contribution in [3.63, 3.8) is 0 Å². The Hall–Kier alpha value is -1.06. The Balaban J connectivity index is 2.08. The van der Waals surface area contributed by atoms with E-state index in [9.17, 15) is 0 Å². The van der Waals surface area contributed by atoms with Crippen molar-refractivity contribution in [1.29, 1.82) is 0 Å². The summed E-state index contributed by atoms with van der Waals surface area (Å²) in [5.74, 6) is 0.782. The van der Waals surface area contributed by atoms with Gasteiger partial charge in [-0.25, -0.2) is 4.98 Å². The first kappa shape index (κ1) is 12.9. The maximum atomic E-state index is 6.08. The summed E-state index contributed by atoms with van der Waals surface area (Å²) < 4.78 is 6.00. The zero-order valence-corrected chi connectivity index (χ0v) is 12.3. The van der Waals surface area contributed by atoms with Crippen LogP contribution in [-0.2, 0) is 0 Å². The van der Waals surface area contributed by atoms with Crippen LogP contribution in [0.2, 0.25) is 5.02 Å². The van der Waals surface area contributed by atoms with Crippen LogP contribution in [0.15, 0.2) is 16.5 Å². The summed E-state index contributed by atoms with van der Waals surface area (Å²) in [5.41, 5.74) is 2.90. The molecule has 0 saturated carbocycles. The fourth-order valence-corrected chi connectivity index (χ4v) is 3.20. The number of benzene rings is 1. The minimum absolute atomic E-state index is 0.164. The molecule has 1 atom stereocenters. The quantitative estimate of drug-likeness (QED) is 0.848. The first-order valence-corrected chi connectivity index (χ1v) is 7.15. The summed E-state index contributed by atoms with van der Waals surface area (Å²) >= 11 is 6.08. The molecule has 0 aliphatic carbocycles. The van der Waals surface area contributed by atoms with Crippen LogP contribution < -0.4 is 5.32 Å². The van der Waals surface area contributed by atoms with Gasteiger partial charge in [0.2, 0.25) is 5.89 Å². The van der Waals surface area contributed by atoms with Crippen LogP contribution in [0.5, 0.6) is 0 Å². The van der Waals surface area contributed by atoms with Crippen LogP contribution in [0.1, 0.15) is 44.2 Å². The molecule has 3 nitrogen and oxygen atoms in total. The Labute approximate surface area is 118 Å². The van der Waals surface area contributed by atoms with Crippen molar-refractivity contribution in [3.8, 4) is 0 Å². The molecule has 0 radical (unpaired) electrons. The van der Waals surface area contributed by atoms with E-state index in [0.717, 1.165) is 29.1 Å². The maximum absolute atomic E-state index is 6.08. The van der Waals surface area contributed by atoms with Crippen LogP contribution in [0.3, 0.4) is 0 Å². The van der Waals surface area contributed by atoms with Crippen LogP contribution in [0, 0.1) is 12.3 Å². The number of rotatable bonds is 1. The van der Waals surface area contributed by atoms with Crippen LogP contribution >= 0.6 is 11.6 Å². The summed E-state index contributed by atoms with van der Waals surface area (Å²) in [7, 11) is 0. The molecule has 0 spiro atoms. The second-order valence-electron chi connectivity index (χ2n) is 6.10. The van der Waals surface area contributed by atoms with Gasteiger partial charge in [0, 0.05) is 5.02 Å². The van der Waals surface area contributed by atoms with E-state index in [1.165, 1.54) is 12.8 Å². The van der Waals surface area contributed by atoms with Crippen molar-refractivity contribution in [2.75, 3.05) is 6.54 Å². The number of nitrogens with one attached hydrogen (secondary N) is 1. The predicted molar refractivity (Wildman–Crippen MR) is 77.5 cm³/mol. The second-order valence-corrected chi connectivity index (χ2v) is 6.54. The molecule has 1 saturated heterocycles. The Morgan fingerprint density at radius 1 is 1.42 bits per heavy atom. The number of nitrogens with zero attached hydrogens (tertiary/aromatic N) is 1. The Kier molecular flexibility index (Phi) is 3.06. The minimum Gasteiger partial charge on any atom is -0.439 e. The lowest BCUT2D eigenvalue weighted by Crippen LogP contribution is -2.39. The lowest BCUT2D eigenvalue weighted by Gasteiger charge is -2.37. The van der Waals surface area contributed by atoms with Gasteiger partial charge in [-0.15, -0.1) is 0 Å². The highest BCUT2D eigenvalue weighted by Crippen LogP contribution is 2.40. The van der Waals surface area contributed by atoms with Crippen molar-refractivity contribution >= 4 is 22.7 Å². The van der Waals surface area contributed by atoms with Gasteiger partial charge in [-0.2, -0.15) is 0 Å². The number of aromatic nitrogens is 1. The first-order valence-electron chi connectivity index (χ1n) is 6.77. The molecule has 1 aromatic heterocycles. The molecular formula is C15H19ClN2O. The summed E-state index contributed by atoms with van der Waals surface area (Å²) in [6.07, 6.45) is 2.39. The van der Waals surface area contributed by atoms with E-state index in [4.69, 9.17) is 16.0 Å². The van der Waals surface area contributed by atoms with Crippen LogP contribution in [-0.4, -0.2) is 11.5 Å². The van der Waals surface area contributed by atoms with E-state index in [2.05, 4.69) is 24.1 Å². The third-order valence-corrected chi connectivity index (χ3v) is 4.25. The lowest BCUT2D eigenvalue weighted by molar-refractivity contribution is 0.157. The zero-order valence-electron chi connectivity index (χ0n) is 11.6. The van der Waals surface area contributed by atoms with Gasteiger partial charge in [-0.1, -0.05) is 25.4 Å². The smallest absolute Gasteiger partial charge is 0.213 e. The molecule has 1 aliphatic heterocycles. The van der Waals surface area contributed by atoms with Crippen molar-refractivity contribution in [2.45, 2.75) is 39.7 Å². The van der Waals surface area contributed by atoms with Crippen molar-refractivity contribution in [3.05, 3.63) is 28.6 Å². The molecule has 1 N–H and O–H groups in total. The van der Waals surface area contributed by atoms with Crippen LogP contribution in [0.25, 0.3) is 11.1 Å². The molecule has 1 unspecified atom stereocenters. The average molecular weight is 279 g/mol. The predicted octanol–water partition coefficient (Wildman–Crippen LogP) is 4.24. The van der Waals surface area contributed by atoms with E-state index in [0.29, 0.717) is 5.02 Å². The van der Waals surface area contributed by atoms with Gasteiger partial charge < -0.3 is 9.73 Å². The number of oxazole rings is 1. The number of fused-ring (bicyclic) bond motifs is 1. The normalized spacial score (nSPS) is 22.8. The van der Waals surface area contributed by atoms with Gasteiger partial charge >= 0.3 is 0 Å². The monoisotopic (exact) mass is 278 g/mol. The van der Waals surface area contributed by atoms with Crippen molar-refractivity contribution < 1.29 is 4.42 Å². The number of hydrogen-bond donors (Lipinski definition) is 1. The molecule has 3 rings (SSSR count). The van der Waals surface area contributed by atoms with E-state index in [-0.39, 0.29) is 11.5 Å². The largest absolute Gasteiger partial charge is 0.439 e. The molecule has 2 heterocycles. The first-order chi connectivity index (χ1) is 8.97. The van der Waals surface area contributed by atoms with Gasteiger partial charge in [0.25, 0.3) is 0 Å². The van der Waals surface area contributed by atoms with E-state index in [1.54, 1.807) is 0 Å². The summed E-state index contributed by atoms with van der Waals surface area (Å²) in [6.45, 7) is 7.55. The third-order valence-electron chi connectivity index (χ3n) is 4.03. The van der Waals surface area contributed by atoms with E-state index < -0.39 is 0 Å². The Bertz CT molecular complexity index is 618. The molecule has 1 fully saturated rings. The molecule has 0 bridgehead atoms. The molecule has 2 aromatic rings. The Morgan fingerprint density at radius 3 is 2.95 bits per heavy atom. The summed E-state index contributed by atoms with van der Waals surface area (Å²) in [4.78, 5) is 4.64. The van der Waals surface area contributed by atoms with Gasteiger partial charge in [0.15, 0.2) is 5.58 Å². The molecule has 4 heteroatoms. The van der Waals surface area contributed by atoms with Gasteiger partial charge in [0.1, 0.15) is 5.52 Å². The number of piperidine rings is 1. The topological polar surface area (TPSA) is 38.1 Å². The molecule has 102 valence electrons. The fraction of sp³-hybridized carbons (Fsp3) is 0.533. The molecule has 0 amide bonds. The minimum atomic E-state index is 0.164. The van der Waals surface area contributed by atoms with Crippen molar-refractivity contribution in [1.82, 2.24) is 10.3 Å². The number of aryl methyl sites for hydroxylation is 1.